The fourth-order valence-electron chi connectivity index (χ4n) is 2.37. The Morgan fingerprint density at radius 2 is 2.00 bits per heavy atom. The van der Waals surface area contributed by atoms with Crippen molar-refractivity contribution in [2.75, 3.05) is 26.2 Å². The van der Waals surface area contributed by atoms with Crippen molar-refractivity contribution in [3.63, 3.8) is 0 Å². The van der Waals surface area contributed by atoms with E-state index in [1.54, 1.807) is 18.4 Å². The number of aliphatic hydroxyl groups excluding tert-OH is 1. The van der Waals surface area contributed by atoms with Gasteiger partial charge < -0.3 is 24.9 Å². The van der Waals surface area contributed by atoms with Crippen molar-refractivity contribution in [1.29, 1.82) is 0 Å². The van der Waals surface area contributed by atoms with Crippen LogP contribution in [0.2, 0.25) is 0 Å². The van der Waals surface area contributed by atoms with Crippen LogP contribution >= 0.6 is 0 Å². The summed E-state index contributed by atoms with van der Waals surface area (Å²) in [6.07, 6.45) is 0.843. The topological polar surface area (TPSA) is 79.0 Å². The fourth-order valence-corrected chi connectivity index (χ4v) is 2.37. The first-order valence-corrected chi connectivity index (χ1v) is 9.04. The van der Waals surface area contributed by atoms with Crippen molar-refractivity contribution in [1.82, 2.24) is 10.6 Å². The molecule has 0 amide bonds. The predicted molar refractivity (Wildman–Crippen MR) is 103 cm³/mol. The first kappa shape index (κ1) is 20.0. The lowest BCUT2D eigenvalue weighted by Gasteiger charge is -2.15. The van der Waals surface area contributed by atoms with Crippen LogP contribution < -0.4 is 10.6 Å². The molecule has 26 heavy (non-hydrogen) atoms. The standard InChI is InChI=1S/C20H29N3O3/c1-3-21-20(23-13-18(24)19-10-7-11-26-19)22-12-16(2)14-25-15-17-8-5-4-6-9-17/h4-11,16,18,24H,3,12-15H2,1-2H3,(H2,21,22,23). The van der Waals surface area contributed by atoms with E-state index in [4.69, 9.17) is 9.15 Å². The Kier molecular flexibility index (Phi) is 8.72. The molecule has 1 heterocycles. The third-order valence-electron chi connectivity index (χ3n) is 3.75. The molecular formula is C20H29N3O3. The third-order valence-corrected chi connectivity index (χ3v) is 3.75. The van der Waals surface area contributed by atoms with Crippen molar-refractivity contribution in [3.8, 4) is 0 Å². The van der Waals surface area contributed by atoms with Crippen LogP contribution in [0.5, 0.6) is 0 Å². The fraction of sp³-hybridized carbons (Fsp3) is 0.450. The molecular weight excluding hydrogens is 330 g/mol. The Morgan fingerprint density at radius 1 is 1.19 bits per heavy atom. The second-order valence-corrected chi connectivity index (χ2v) is 6.24. The van der Waals surface area contributed by atoms with Gasteiger partial charge in [0.25, 0.3) is 0 Å². The molecule has 142 valence electrons. The van der Waals surface area contributed by atoms with Crippen molar-refractivity contribution >= 4 is 5.96 Å². The molecule has 0 aliphatic carbocycles. The molecule has 3 N–H and O–H groups in total. The first-order chi connectivity index (χ1) is 12.7. The van der Waals surface area contributed by atoms with Crippen LogP contribution in [0.3, 0.4) is 0 Å². The number of nitrogens with zero attached hydrogens (tertiary/aromatic N) is 1. The third kappa shape index (κ3) is 7.29. The SMILES string of the molecule is CCNC(=NCC(C)COCc1ccccc1)NCC(O)c1ccco1. The summed E-state index contributed by atoms with van der Waals surface area (Å²) in [6, 6.07) is 13.6. The summed E-state index contributed by atoms with van der Waals surface area (Å²) in [4.78, 5) is 4.57. The van der Waals surface area contributed by atoms with E-state index in [9.17, 15) is 5.11 Å². The Labute approximate surface area is 155 Å². The molecule has 0 aliphatic rings. The van der Waals surface area contributed by atoms with Crippen LogP contribution in [0.25, 0.3) is 0 Å². The zero-order chi connectivity index (χ0) is 18.6. The molecule has 0 fully saturated rings. The van der Waals surface area contributed by atoms with Crippen molar-refractivity contribution in [2.45, 2.75) is 26.6 Å². The normalized spacial score (nSPS) is 14.0. The highest BCUT2D eigenvalue weighted by molar-refractivity contribution is 5.79. The van der Waals surface area contributed by atoms with Crippen LogP contribution in [0.1, 0.15) is 31.3 Å². The lowest BCUT2D eigenvalue weighted by atomic mass is 10.2. The summed E-state index contributed by atoms with van der Waals surface area (Å²) in [5.41, 5.74) is 1.17. The first-order valence-electron chi connectivity index (χ1n) is 9.04. The van der Waals surface area contributed by atoms with Crippen molar-refractivity contribution in [3.05, 3.63) is 60.1 Å². The molecule has 0 bridgehead atoms. The molecule has 0 saturated carbocycles. The summed E-state index contributed by atoms with van der Waals surface area (Å²) in [7, 11) is 0. The van der Waals surface area contributed by atoms with Gasteiger partial charge in [-0.3, -0.25) is 4.99 Å². The van der Waals surface area contributed by atoms with Crippen molar-refractivity contribution < 1.29 is 14.3 Å². The Balaban J connectivity index is 1.72. The van der Waals surface area contributed by atoms with Gasteiger partial charge in [-0.15, -0.1) is 0 Å². The second kappa shape index (κ2) is 11.3. The summed E-state index contributed by atoms with van der Waals surface area (Å²) < 4.78 is 11.0. The molecule has 1 aromatic heterocycles. The minimum atomic E-state index is -0.708. The zero-order valence-electron chi connectivity index (χ0n) is 15.5. The maximum atomic E-state index is 10.1. The molecule has 0 saturated heterocycles. The minimum Gasteiger partial charge on any atom is -0.467 e. The Hall–Kier alpha value is -2.31. The van der Waals surface area contributed by atoms with Crippen LogP contribution in [0, 0.1) is 5.92 Å². The largest absolute Gasteiger partial charge is 0.467 e. The van der Waals surface area contributed by atoms with E-state index < -0.39 is 6.10 Å². The summed E-state index contributed by atoms with van der Waals surface area (Å²) >= 11 is 0. The summed E-state index contributed by atoms with van der Waals surface area (Å²) in [5, 5.41) is 16.4. The average molecular weight is 359 g/mol. The maximum absolute atomic E-state index is 10.1. The molecule has 6 heteroatoms. The molecule has 0 radical (unpaired) electrons. The van der Waals surface area contributed by atoms with Gasteiger partial charge >= 0.3 is 0 Å². The Morgan fingerprint density at radius 3 is 2.69 bits per heavy atom. The Bertz CT molecular complexity index is 629. The van der Waals surface area contributed by atoms with Gasteiger partial charge in [0.05, 0.1) is 26.0 Å². The van der Waals surface area contributed by atoms with Gasteiger partial charge in [-0.05, 0) is 30.5 Å². The molecule has 0 spiro atoms. The van der Waals surface area contributed by atoms with Crippen LogP contribution in [-0.2, 0) is 11.3 Å². The number of nitrogens with one attached hydrogen (secondary N) is 2. The number of hydrogen-bond acceptors (Lipinski definition) is 4. The minimum absolute atomic E-state index is 0.296. The van der Waals surface area contributed by atoms with E-state index >= 15 is 0 Å². The number of aliphatic hydroxyl groups is 1. The van der Waals surface area contributed by atoms with Crippen LogP contribution in [0.15, 0.2) is 58.1 Å². The molecule has 2 rings (SSSR count). The smallest absolute Gasteiger partial charge is 0.191 e. The average Bonchev–Trinajstić information content (AvgIpc) is 3.19. The van der Waals surface area contributed by atoms with Crippen LogP contribution in [-0.4, -0.2) is 37.3 Å². The van der Waals surface area contributed by atoms with Gasteiger partial charge in [-0.1, -0.05) is 37.3 Å². The monoisotopic (exact) mass is 359 g/mol. The number of aliphatic imine (C=N–C) groups is 1. The lowest BCUT2D eigenvalue weighted by Crippen LogP contribution is -2.39. The molecule has 0 aliphatic heterocycles. The molecule has 1 aromatic carbocycles. The van der Waals surface area contributed by atoms with E-state index in [-0.39, 0.29) is 0 Å². The van der Waals surface area contributed by atoms with Gasteiger partial charge in [0, 0.05) is 13.1 Å². The van der Waals surface area contributed by atoms with Gasteiger partial charge in [-0.25, -0.2) is 0 Å². The zero-order valence-corrected chi connectivity index (χ0v) is 15.5. The van der Waals surface area contributed by atoms with E-state index in [0.717, 1.165) is 6.54 Å². The number of hydrogen-bond donors (Lipinski definition) is 3. The summed E-state index contributed by atoms with van der Waals surface area (Å²) in [6.45, 7) is 7.10. The van der Waals surface area contributed by atoms with Gasteiger partial charge in [-0.2, -0.15) is 0 Å². The number of rotatable bonds is 10. The van der Waals surface area contributed by atoms with Gasteiger partial charge in [0.1, 0.15) is 11.9 Å². The van der Waals surface area contributed by atoms with E-state index in [2.05, 4.69) is 34.7 Å². The second-order valence-electron chi connectivity index (χ2n) is 6.24. The number of furan rings is 1. The number of guanidine groups is 1. The number of benzene rings is 1. The van der Waals surface area contributed by atoms with Crippen LogP contribution in [0.4, 0.5) is 0 Å². The predicted octanol–water partition coefficient (Wildman–Crippen LogP) is 2.72. The van der Waals surface area contributed by atoms with E-state index in [1.807, 2.05) is 25.1 Å². The van der Waals surface area contributed by atoms with Gasteiger partial charge in [0.2, 0.25) is 0 Å². The van der Waals surface area contributed by atoms with Gasteiger partial charge in [0.15, 0.2) is 5.96 Å². The number of ether oxygens (including phenoxy) is 1. The molecule has 2 aromatic rings. The molecule has 6 nitrogen and oxygen atoms in total. The maximum Gasteiger partial charge on any atom is 0.191 e. The highest BCUT2D eigenvalue weighted by atomic mass is 16.5. The molecule has 2 atom stereocenters. The van der Waals surface area contributed by atoms with E-state index in [1.165, 1.54) is 5.56 Å². The van der Waals surface area contributed by atoms with Crippen molar-refractivity contribution in [2.24, 2.45) is 10.9 Å². The lowest BCUT2D eigenvalue weighted by molar-refractivity contribution is 0.0944. The highest BCUT2D eigenvalue weighted by Gasteiger charge is 2.11. The highest BCUT2D eigenvalue weighted by Crippen LogP contribution is 2.11. The summed E-state index contributed by atoms with van der Waals surface area (Å²) in [5.74, 6) is 1.51. The molecule has 2 unspecified atom stereocenters. The quantitative estimate of drug-likeness (QED) is 0.449. The van der Waals surface area contributed by atoms with E-state index in [0.29, 0.717) is 43.9 Å².